The monoisotopic (exact) mass is 306 g/mol. The highest BCUT2D eigenvalue weighted by Crippen LogP contribution is 2.27. The smallest absolute Gasteiger partial charge is 0.270 e. The highest BCUT2D eigenvalue weighted by atomic mass is 16.2. The molecular weight excluding hydrogens is 280 g/mol. The lowest BCUT2D eigenvalue weighted by Gasteiger charge is -2.30. The van der Waals surface area contributed by atoms with Crippen LogP contribution in [0, 0.1) is 0 Å². The van der Waals surface area contributed by atoms with E-state index < -0.39 is 11.4 Å². The maximum Gasteiger partial charge on any atom is 0.270 e. The van der Waals surface area contributed by atoms with Crippen LogP contribution in [0.15, 0.2) is 6.07 Å². The van der Waals surface area contributed by atoms with Crippen molar-refractivity contribution in [3.05, 3.63) is 17.5 Å². The molecule has 0 aromatic carbocycles. The van der Waals surface area contributed by atoms with Crippen LogP contribution in [0.2, 0.25) is 0 Å². The Balaban J connectivity index is 2.23. The Bertz CT molecular complexity index is 554. The quantitative estimate of drug-likeness (QED) is 0.832. The van der Waals surface area contributed by atoms with Crippen LogP contribution in [0.5, 0.6) is 0 Å². The summed E-state index contributed by atoms with van der Waals surface area (Å²) in [6.07, 6.45) is 5.20. The Morgan fingerprint density at radius 3 is 2.32 bits per heavy atom. The molecule has 0 unspecified atom stereocenters. The minimum Gasteiger partial charge on any atom is -0.368 e. The molecule has 2 amide bonds. The first kappa shape index (κ1) is 16.5. The van der Waals surface area contributed by atoms with E-state index in [1.807, 2.05) is 13.8 Å². The minimum atomic E-state index is -0.921. The summed E-state index contributed by atoms with van der Waals surface area (Å²) in [5.41, 5.74) is 6.02. The second kappa shape index (κ2) is 6.50. The molecule has 6 heteroatoms. The van der Waals surface area contributed by atoms with Gasteiger partial charge in [-0.2, -0.15) is 5.10 Å². The van der Waals surface area contributed by atoms with Gasteiger partial charge in [0.25, 0.3) is 5.91 Å². The first-order valence-corrected chi connectivity index (χ1v) is 8.02. The second-order valence-corrected chi connectivity index (χ2v) is 6.55. The maximum absolute atomic E-state index is 12.6. The summed E-state index contributed by atoms with van der Waals surface area (Å²) in [5, 5.41) is 7.26. The zero-order valence-electron chi connectivity index (χ0n) is 13.7. The van der Waals surface area contributed by atoms with E-state index in [0.29, 0.717) is 18.5 Å². The number of hydrogen-bond donors (Lipinski definition) is 2. The summed E-state index contributed by atoms with van der Waals surface area (Å²) in [7, 11) is 1.74. The van der Waals surface area contributed by atoms with Crippen LogP contribution < -0.4 is 11.1 Å². The van der Waals surface area contributed by atoms with Gasteiger partial charge in [-0.25, -0.2) is 0 Å². The molecule has 1 aromatic heterocycles. The van der Waals surface area contributed by atoms with Gasteiger partial charge in [0.1, 0.15) is 11.2 Å². The van der Waals surface area contributed by atoms with E-state index in [1.54, 1.807) is 17.8 Å². The van der Waals surface area contributed by atoms with Gasteiger partial charge in [-0.05, 0) is 24.8 Å². The number of carbonyl (C=O) groups excluding carboxylic acids is 2. The number of carbonyl (C=O) groups is 2. The van der Waals surface area contributed by atoms with E-state index >= 15 is 0 Å². The molecule has 6 nitrogen and oxygen atoms in total. The van der Waals surface area contributed by atoms with E-state index in [2.05, 4.69) is 10.4 Å². The van der Waals surface area contributed by atoms with E-state index in [1.165, 1.54) is 0 Å². The molecule has 0 spiro atoms. The molecule has 0 radical (unpaired) electrons. The Hall–Kier alpha value is -1.85. The molecule has 2 rings (SSSR count). The van der Waals surface area contributed by atoms with Crippen LogP contribution in [0.3, 0.4) is 0 Å². The standard InChI is InChI=1S/C16H26N4O2/c1-11(2)12-10-13(20(3)19-12)14(21)18-16(15(17)22)8-6-4-5-7-9-16/h10-11H,4-9H2,1-3H3,(H2,17,22)(H,18,21). The van der Waals surface area contributed by atoms with Crippen LogP contribution in [-0.2, 0) is 11.8 Å². The average Bonchev–Trinajstić information content (AvgIpc) is 2.68. The first-order chi connectivity index (χ1) is 10.4. The molecule has 0 atom stereocenters. The van der Waals surface area contributed by atoms with Crippen molar-refractivity contribution >= 4 is 11.8 Å². The Morgan fingerprint density at radius 2 is 1.86 bits per heavy atom. The van der Waals surface area contributed by atoms with Gasteiger partial charge in [-0.3, -0.25) is 14.3 Å². The summed E-state index contributed by atoms with van der Waals surface area (Å²) in [6.45, 7) is 4.06. The van der Waals surface area contributed by atoms with Gasteiger partial charge in [-0.15, -0.1) is 0 Å². The van der Waals surface area contributed by atoms with E-state index in [0.717, 1.165) is 31.4 Å². The SMILES string of the molecule is CC(C)c1cc(C(=O)NC2(C(N)=O)CCCCCC2)n(C)n1. The number of rotatable bonds is 4. The third-order valence-corrected chi connectivity index (χ3v) is 4.50. The van der Waals surface area contributed by atoms with Crippen LogP contribution in [0.25, 0.3) is 0 Å². The molecule has 1 aliphatic rings. The Morgan fingerprint density at radius 1 is 1.27 bits per heavy atom. The highest BCUT2D eigenvalue weighted by Gasteiger charge is 2.39. The van der Waals surface area contributed by atoms with Crippen molar-refractivity contribution in [2.45, 2.75) is 63.8 Å². The van der Waals surface area contributed by atoms with Gasteiger partial charge in [0.05, 0.1) is 5.69 Å². The van der Waals surface area contributed by atoms with Crippen molar-refractivity contribution < 1.29 is 9.59 Å². The number of aryl methyl sites for hydroxylation is 1. The predicted molar refractivity (Wildman–Crippen MR) is 84.4 cm³/mol. The van der Waals surface area contributed by atoms with Crippen molar-refractivity contribution in [2.75, 3.05) is 0 Å². The third-order valence-electron chi connectivity index (χ3n) is 4.50. The van der Waals surface area contributed by atoms with E-state index in [4.69, 9.17) is 5.73 Å². The normalized spacial score (nSPS) is 18.0. The van der Waals surface area contributed by atoms with Crippen molar-refractivity contribution in [3.63, 3.8) is 0 Å². The van der Waals surface area contributed by atoms with Gasteiger partial charge < -0.3 is 11.1 Å². The number of nitrogens with zero attached hydrogens (tertiary/aromatic N) is 2. The fourth-order valence-corrected chi connectivity index (χ4v) is 3.03. The lowest BCUT2D eigenvalue weighted by molar-refractivity contribution is -0.124. The second-order valence-electron chi connectivity index (χ2n) is 6.55. The molecule has 1 fully saturated rings. The first-order valence-electron chi connectivity index (χ1n) is 8.02. The van der Waals surface area contributed by atoms with E-state index in [-0.39, 0.29) is 11.8 Å². The third kappa shape index (κ3) is 3.31. The van der Waals surface area contributed by atoms with Gasteiger partial charge in [-0.1, -0.05) is 39.5 Å². The predicted octanol–water partition coefficient (Wildman–Crippen LogP) is 1.85. The number of aromatic nitrogens is 2. The number of hydrogen-bond acceptors (Lipinski definition) is 3. The maximum atomic E-state index is 12.6. The molecule has 1 saturated carbocycles. The fraction of sp³-hybridized carbons (Fsp3) is 0.688. The molecule has 1 aliphatic carbocycles. The highest BCUT2D eigenvalue weighted by molar-refractivity contribution is 5.98. The summed E-state index contributed by atoms with van der Waals surface area (Å²) >= 11 is 0. The van der Waals surface area contributed by atoms with Gasteiger partial charge >= 0.3 is 0 Å². The lowest BCUT2D eigenvalue weighted by Crippen LogP contribution is -2.57. The Labute approximate surface area is 131 Å². The number of nitrogens with two attached hydrogens (primary N) is 1. The zero-order chi connectivity index (χ0) is 16.3. The van der Waals surface area contributed by atoms with Crippen LogP contribution in [0.1, 0.15) is 74.5 Å². The van der Waals surface area contributed by atoms with Crippen LogP contribution >= 0.6 is 0 Å². The van der Waals surface area contributed by atoms with Gasteiger partial charge in [0.2, 0.25) is 5.91 Å². The van der Waals surface area contributed by atoms with Crippen molar-refractivity contribution in [1.82, 2.24) is 15.1 Å². The molecule has 122 valence electrons. The van der Waals surface area contributed by atoms with Crippen molar-refractivity contribution in [2.24, 2.45) is 12.8 Å². The zero-order valence-corrected chi connectivity index (χ0v) is 13.7. The molecule has 0 saturated heterocycles. The van der Waals surface area contributed by atoms with Crippen molar-refractivity contribution in [3.8, 4) is 0 Å². The summed E-state index contributed by atoms with van der Waals surface area (Å²) in [6, 6.07) is 1.78. The summed E-state index contributed by atoms with van der Waals surface area (Å²) in [5.74, 6) is -0.465. The summed E-state index contributed by atoms with van der Waals surface area (Å²) < 4.78 is 1.57. The average molecular weight is 306 g/mol. The fourth-order valence-electron chi connectivity index (χ4n) is 3.03. The topological polar surface area (TPSA) is 90.0 Å². The largest absolute Gasteiger partial charge is 0.368 e. The minimum absolute atomic E-state index is 0.246. The lowest BCUT2D eigenvalue weighted by atomic mass is 9.89. The van der Waals surface area contributed by atoms with Crippen LogP contribution in [-0.4, -0.2) is 27.1 Å². The van der Waals surface area contributed by atoms with Gasteiger partial charge in [0.15, 0.2) is 0 Å². The molecule has 0 aliphatic heterocycles. The van der Waals surface area contributed by atoms with E-state index in [9.17, 15) is 9.59 Å². The van der Waals surface area contributed by atoms with Crippen LogP contribution in [0.4, 0.5) is 0 Å². The molecule has 22 heavy (non-hydrogen) atoms. The van der Waals surface area contributed by atoms with Crippen molar-refractivity contribution in [1.29, 1.82) is 0 Å². The molecular formula is C16H26N4O2. The van der Waals surface area contributed by atoms with Gasteiger partial charge in [0, 0.05) is 7.05 Å². The number of primary amides is 1. The molecule has 1 heterocycles. The molecule has 3 N–H and O–H groups in total. The Kier molecular flexibility index (Phi) is 4.88. The summed E-state index contributed by atoms with van der Waals surface area (Å²) in [4.78, 5) is 24.6. The molecule has 0 bridgehead atoms. The number of nitrogens with one attached hydrogen (secondary N) is 1. The number of amides is 2. The molecule has 1 aromatic rings.